The Morgan fingerprint density at radius 3 is 2.50 bits per heavy atom. The summed E-state index contributed by atoms with van der Waals surface area (Å²) in [5.41, 5.74) is 0.750. The summed E-state index contributed by atoms with van der Waals surface area (Å²) in [6, 6.07) is 19.2. The third-order valence-corrected chi connectivity index (χ3v) is 5.29. The van der Waals surface area contributed by atoms with Crippen molar-refractivity contribution in [1.29, 1.82) is 0 Å². The van der Waals surface area contributed by atoms with E-state index in [0.29, 0.717) is 11.3 Å². The molecule has 9 heteroatoms. The number of carbonyl (C=O) groups excluding carboxylic acids is 1. The van der Waals surface area contributed by atoms with Crippen LogP contribution in [0.25, 0.3) is 0 Å². The number of carbonyl (C=O) groups is 1. The molecule has 1 atom stereocenters. The number of hydrogen-bond acceptors (Lipinski definition) is 3. The summed E-state index contributed by atoms with van der Waals surface area (Å²) in [6.45, 7) is 0.293. The highest BCUT2D eigenvalue weighted by Crippen LogP contribution is 2.31. The maximum absolute atomic E-state index is 14.1. The van der Waals surface area contributed by atoms with Gasteiger partial charge in [-0.2, -0.15) is 13.2 Å². The lowest BCUT2D eigenvalue weighted by atomic mass is 10.0. The van der Waals surface area contributed by atoms with Crippen molar-refractivity contribution in [3.8, 4) is 0 Å². The van der Waals surface area contributed by atoms with Crippen molar-refractivity contribution < 1.29 is 27.2 Å². The van der Waals surface area contributed by atoms with Crippen molar-refractivity contribution in [1.82, 2.24) is 4.90 Å². The summed E-state index contributed by atoms with van der Waals surface area (Å²) in [5.74, 6) is -0.422. The minimum absolute atomic E-state index is 0.0218. The molecule has 0 aliphatic carbocycles. The van der Waals surface area contributed by atoms with Gasteiger partial charge in [-0.05, 0) is 29.8 Å². The van der Waals surface area contributed by atoms with Gasteiger partial charge in [0.25, 0.3) is 0 Å². The molecular formula is C25H21F4N3O2. The van der Waals surface area contributed by atoms with E-state index >= 15 is 0 Å². The van der Waals surface area contributed by atoms with Gasteiger partial charge in [0.05, 0.1) is 17.8 Å². The summed E-state index contributed by atoms with van der Waals surface area (Å²) >= 11 is 0. The van der Waals surface area contributed by atoms with E-state index in [1.54, 1.807) is 18.2 Å². The average Bonchev–Trinajstić information content (AvgIpc) is 3.27. The number of halogens is 4. The molecule has 5 nitrogen and oxygen atoms in total. The lowest BCUT2D eigenvalue weighted by Crippen LogP contribution is -2.40. The Kier molecular flexibility index (Phi) is 6.81. The van der Waals surface area contributed by atoms with E-state index in [0.717, 1.165) is 17.7 Å². The number of alkyl halides is 3. The number of amides is 2. The quantitative estimate of drug-likeness (QED) is 0.444. The fourth-order valence-corrected chi connectivity index (χ4v) is 3.63. The van der Waals surface area contributed by atoms with Gasteiger partial charge in [0.15, 0.2) is 6.10 Å². The molecule has 0 aromatic heterocycles. The Hall–Kier alpha value is -3.88. The molecular weight excluding hydrogens is 450 g/mol. The first-order valence-electron chi connectivity index (χ1n) is 10.5. The number of urea groups is 1. The fourth-order valence-electron chi connectivity index (χ4n) is 3.63. The van der Waals surface area contributed by atoms with E-state index < -0.39 is 29.7 Å². The van der Waals surface area contributed by atoms with Crippen molar-refractivity contribution >= 4 is 17.4 Å². The molecule has 1 N–H and O–H groups in total. The molecule has 3 aromatic carbocycles. The number of rotatable bonds is 6. The summed E-state index contributed by atoms with van der Waals surface area (Å²) < 4.78 is 53.3. The molecule has 0 saturated heterocycles. The van der Waals surface area contributed by atoms with E-state index in [1.807, 2.05) is 30.3 Å². The molecule has 1 unspecified atom stereocenters. The van der Waals surface area contributed by atoms with Crippen molar-refractivity contribution in [3.05, 3.63) is 101 Å². The zero-order chi connectivity index (χ0) is 24.1. The minimum Gasteiger partial charge on any atom is -0.390 e. The third-order valence-electron chi connectivity index (χ3n) is 5.29. The topological polar surface area (TPSA) is 53.9 Å². The van der Waals surface area contributed by atoms with Crippen LogP contribution in [0.15, 0.2) is 84.0 Å². The lowest BCUT2D eigenvalue weighted by Gasteiger charge is -2.25. The van der Waals surface area contributed by atoms with Crippen LogP contribution in [0.3, 0.4) is 0 Å². The van der Waals surface area contributed by atoms with Gasteiger partial charge in [0.1, 0.15) is 5.82 Å². The monoisotopic (exact) mass is 471 g/mol. The van der Waals surface area contributed by atoms with Crippen LogP contribution in [-0.2, 0) is 17.6 Å². The van der Waals surface area contributed by atoms with Gasteiger partial charge in [0, 0.05) is 24.2 Å². The second-order valence-electron chi connectivity index (χ2n) is 7.82. The van der Waals surface area contributed by atoms with E-state index in [-0.39, 0.29) is 25.2 Å². The van der Waals surface area contributed by atoms with Crippen LogP contribution in [-0.4, -0.2) is 29.3 Å². The van der Waals surface area contributed by atoms with Gasteiger partial charge in [-0.25, -0.2) is 9.18 Å². The highest BCUT2D eigenvalue weighted by Gasteiger charge is 2.31. The maximum Gasteiger partial charge on any atom is 0.416 e. The minimum atomic E-state index is -4.53. The SMILES string of the molecule is O=C(Nc1cccc(C(F)(F)F)c1)N(Cc1ccccc1)CC1CC(c2ccccc2F)=NO1. The van der Waals surface area contributed by atoms with Gasteiger partial charge >= 0.3 is 12.2 Å². The molecule has 1 aliphatic rings. The Morgan fingerprint density at radius 2 is 1.76 bits per heavy atom. The number of benzene rings is 3. The predicted octanol–water partition coefficient (Wildman–Crippen LogP) is 6.07. The van der Waals surface area contributed by atoms with Gasteiger partial charge in [-0.3, -0.25) is 0 Å². The Balaban J connectivity index is 1.49. The molecule has 2 amide bonds. The Bertz CT molecular complexity index is 1180. The van der Waals surface area contributed by atoms with Crippen molar-refractivity contribution in [2.24, 2.45) is 5.16 Å². The normalized spacial score (nSPS) is 15.4. The summed E-state index contributed by atoms with van der Waals surface area (Å²) in [4.78, 5) is 19.9. The molecule has 4 rings (SSSR count). The first-order chi connectivity index (χ1) is 16.3. The molecule has 3 aromatic rings. The zero-order valence-corrected chi connectivity index (χ0v) is 17.9. The molecule has 0 radical (unpaired) electrons. The second-order valence-corrected chi connectivity index (χ2v) is 7.82. The van der Waals surface area contributed by atoms with Gasteiger partial charge in [0.2, 0.25) is 0 Å². The van der Waals surface area contributed by atoms with Crippen LogP contribution >= 0.6 is 0 Å². The number of nitrogens with one attached hydrogen (secondary N) is 1. The van der Waals surface area contributed by atoms with Crippen molar-refractivity contribution in [2.75, 3.05) is 11.9 Å². The molecule has 0 fully saturated rings. The molecule has 176 valence electrons. The van der Waals surface area contributed by atoms with Gasteiger partial charge in [-0.1, -0.05) is 59.8 Å². The first kappa shape index (κ1) is 23.3. The summed E-state index contributed by atoms with van der Waals surface area (Å²) in [5, 5.41) is 6.52. The fraction of sp³-hybridized carbons (Fsp3) is 0.200. The molecule has 0 spiro atoms. The second kappa shape index (κ2) is 9.94. The zero-order valence-electron chi connectivity index (χ0n) is 17.9. The van der Waals surface area contributed by atoms with E-state index in [4.69, 9.17) is 4.84 Å². The largest absolute Gasteiger partial charge is 0.416 e. The van der Waals surface area contributed by atoms with Gasteiger partial charge in [-0.15, -0.1) is 0 Å². The number of oxime groups is 1. The number of hydrogen-bond donors (Lipinski definition) is 1. The van der Waals surface area contributed by atoms with E-state index in [9.17, 15) is 22.4 Å². The van der Waals surface area contributed by atoms with Crippen LogP contribution in [0.4, 0.5) is 28.0 Å². The Labute approximate surface area is 193 Å². The number of nitrogens with zero attached hydrogens (tertiary/aromatic N) is 2. The van der Waals surface area contributed by atoms with Gasteiger partial charge < -0.3 is 15.1 Å². The third kappa shape index (κ3) is 5.72. The maximum atomic E-state index is 14.1. The molecule has 1 heterocycles. The van der Waals surface area contributed by atoms with E-state index in [2.05, 4.69) is 10.5 Å². The standard InChI is InChI=1S/C25H21F4N3O2/c26-22-12-5-4-11-21(22)23-14-20(34-31-23)16-32(15-17-7-2-1-3-8-17)24(33)30-19-10-6-9-18(13-19)25(27,28)29/h1-13,20H,14-16H2,(H,30,33). The van der Waals surface area contributed by atoms with Crippen LogP contribution in [0, 0.1) is 5.82 Å². The highest BCUT2D eigenvalue weighted by atomic mass is 19.4. The average molecular weight is 471 g/mol. The van der Waals surface area contributed by atoms with E-state index in [1.165, 1.54) is 23.1 Å². The summed E-state index contributed by atoms with van der Waals surface area (Å²) in [7, 11) is 0. The van der Waals surface area contributed by atoms with Crippen molar-refractivity contribution in [2.45, 2.75) is 25.2 Å². The van der Waals surface area contributed by atoms with Crippen LogP contribution < -0.4 is 5.32 Å². The lowest BCUT2D eigenvalue weighted by molar-refractivity contribution is -0.137. The van der Waals surface area contributed by atoms with Crippen LogP contribution in [0.5, 0.6) is 0 Å². The van der Waals surface area contributed by atoms with Crippen LogP contribution in [0.1, 0.15) is 23.1 Å². The smallest absolute Gasteiger partial charge is 0.390 e. The Morgan fingerprint density at radius 1 is 1.03 bits per heavy atom. The molecule has 1 aliphatic heterocycles. The summed E-state index contributed by atoms with van der Waals surface area (Å²) in [6.07, 6.45) is -4.78. The highest BCUT2D eigenvalue weighted by molar-refractivity contribution is 6.01. The molecule has 0 bridgehead atoms. The van der Waals surface area contributed by atoms with Crippen molar-refractivity contribution in [3.63, 3.8) is 0 Å². The van der Waals surface area contributed by atoms with Crippen LogP contribution in [0.2, 0.25) is 0 Å². The first-order valence-corrected chi connectivity index (χ1v) is 10.5. The number of anilines is 1. The molecule has 0 saturated carbocycles. The molecule has 34 heavy (non-hydrogen) atoms. The predicted molar refractivity (Wildman–Crippen MR) is 120 cm³/mol.